The van der Waals surface area contributed by atoms with Gasteiger partial charge >= 0.3 is 0 Å². The first-order valence-corrected chi connectivity index (χ1v) is 6.25. The molecular formula is C13H18N2O2S. The number of ether oxygens (including phenoxy) is 1. The van der Waals surface area contributed by atoms with Crippen molar-refractivity contribution >= 4 is 28.8 Å². The zero-order valence-electron chi connectivity index (χ0n) is 10.6. The molecule has 0 saturated heterocycles. The molecule has 1 amide bonds. The number of thiocarbonyl (C=S) groups is 1. The lowest BCUT2D eigenvalue weighted by Gasteiger charge is -2.11. The van der Waals surface area contributed by atoms with E-state index in [1.165, 1.54) is 0 Å². The van der Waals surface area contributed by atoms with Crippen LogP contribution < -0.4 is 15.8 Å². The highest BCUT2D eigenvalue weighted by molar-refractivity contribution is 7.80. The van der Waals surface area contributed by atoms with Crippen LogP contribution in [0.25, 0.3) is 0 Å². The van der Waals surface area contributed by atoms with E-state index in [-0.39, 0.29) is 11.8 Å². The molecule has 3 N–H and O–H groups in total. The minimum absolute atomic E-state index is 0.0908. The van der Waals surface area contributed by atoms with E-state index in [1.54, 1.807) is 19.1 Å². The second kappa shape index (κ2) is 6.96. The Kier molecular flexibility index (Phi) is 5.58. The molecule has 18 heavy (non-hydrogen) atoms. The molecule has 5 heteroatoms. The van der Waals surface area contributed by atoms with Gasteiger partial charge in [-0.05, 0) is 31.2 Å². The van der Waals surface area contributed by atoms with Gasteiger partial charge in [0.1, 0.15) is 5.75 Å². The summed E-state index contributed by atoms with van der Waals surface area (Å²) in [5.41, 5.74) is 6.15. The molecule has 1 aromatic carbocycles. The molecule has 0 aliphatic carbocycles. The van der Waals surface area contributed by atoms with E-state index in [0.29, 0.717) is 18.0 Å². The third-order valence-corrected chi connectivity index (χ3v) is 2.55. The maximum Gasteiger partial charge on any atom is 0.227 e. The summed E-state index contributed by atoms with van der Waals surface area (Å²) >= 11 is 4.78. The van der Waals surface area contributed by atoms with Crippen LogP contribution in [-0.2, 0) is 4.79 Å². The van der Waals surface area contributed by atoms with Crippen LogP contribution in [0.15, 0.2) is 24.3 Å². The summed E-state index contributed by atoms with van der Waals surface area (Å²) in [6.45, 7) is 4.34. The van der Waals surface area contributed by atoms with Crippen LogP contribution in [0.5, 0.6) is 5.75 Å². The second-order valence-corrected chi connectivity index (χ2v) is 4.54. The lowest BCUT2D eigenvalue weighted by atomic mass is 10.1. The molecule has 1 rings (SSSR count). The van der Waals surface area contributed by atoms with Gasteiger partial charge in [0.05, 0.1) is 11.6 Å². The molecule has 0 spiro atoms. The number of amides is 1. The Morgan fingerprint density at radius 3 is 2.56 bits per heavy atom. The number of hydrogen-bond donors (Lipinski definition) is 2. The van der Waals surface area contributed by atoms with Crippen molar-refractivity contribution in [3.8, 4) is 5.75 Å². The molecule has 0 aromatic heterocycles. The van der Waals surface area contributed by atoms with Gasteiger partial charge in [0.25, 0.3) is 0 Å². The van der Waals surface area contributed by atoms with Crippen LogP contribution >= 0.6 is 12.2 Å². The largest absolute Gasteiger partial charge is 0.494 e. The smallest absolute Gasteiger partial charge is 0.227 e. The first kappa shape index (κ1) is 14.4. The highest BCUT2D eigenvalue weighted by Crippen LogP contribution is 2.16. The monoisotopic (exact) mass is 266 g/mol. The predicted octanol–water partition coefficient (Wildman–Crippen LogP) is 2.34. The van der Waals surface area contributed by atoms with E-state index < -0.39 is 0 Å². The summed E-state index contributed by atoms with van der Waals surface area (Å²) < 4.78 is 5.32. The van der Waals surface area contributed by atoms with Crippen LogP contribution in [0.3, 0.4) is 0 Å². The maximum atomic E-state index is 11.8. The average Bonchev–Trinajstić information content (AvgIpc) is 2.31. The van der Waals surface area contributed by atoms with E-state index in [4.69, 9.17) is 22.7 Å². The van der Waals surface area contributed by atoms with Gasteiger partial charge in [-0.1, -0.05) is 19.1 Å². The minimum Gasteiger partial charge on any atom is -0.494 e. The molecule has 1 aromatic rings. The molecule has 98 valence electrons. The van der Waals surface area contributed by atoms with Crippen molar-refractivity contribution in [2.75, 3.05) is 11.9 Å². The Balaban J connectivity index is 2.56. The molecule has 0 heterocycles. The SMILES string of the molecule is CCOc1ccc(NC(=O)C(C)CC(N)=S)cc1. The molecule has 0 aliphatic heterocycles. The number of benzene rings is 1. The fourth-order valence-corrected chi connectivity index (χ4v) is 1.71. The highest BCUT2D eigenvalue weighted by Gasteiger charge is 2.13. The van der Waals surface area contributed by atoms with Gasteiger partial charge in [-0.2, -0.15) is 0 Å². The molecule has 0 aliphatic rings. The Morgan fingerprint density at radius 1 is 1.44 bits per heavy atom. The Hall–Kier alpha value is -1.62. The third kappa shape index (κ3) is 4.71. The number of hydrogen-bond acceptors (Lipinski definition) is 3. The molecule has 1 unspecified atom stereocenters. The number of nitrogens with two attached hydrogens (primary N) is 1. The zero-order chi connectivity index (χ0) is 13.5. The van der Waals surface area contributed by atoms with Gasteiger partial charge in [-0.25, -0.2) is 0 Å². The topological polar surface area (TPSA) is 64.3 Å². The van der Waals surface area contributed by atoms with Crippen LogP contribution in [0, 0.1) is 5.92 Å². The van der Waals surface area contributed by atoms with Crippen LogP contribution in [0.1, 0.15) is 20.3 Å². The molecule has 1 atom stereocenters. The minimum atomic E-state index is -0.228. The lowest BCUT2D eigenvalue weighted by Crippen LogP contribution is -2.24. The molecular weight excluding hydrogens is 248 g/mol. The Morgan fingerprint density at radius 2 is 2.06 bits per heavy atom. The average molecular weight is 266 g/mol. The van der Waals surface area contributed by atoms with Gasteiger partial charge < -0.3 is 15.8 Å². The van der Waals surface area contributed by atoms with Crippen molar-refractivity contribution in [1.29, 1.82) is 0 Å². The summed E-state index contributed by atoms with van der Waals surface area (Å²) in [6, 6.07) is 7.24. The Bertz CT molecular complexity index is 418. The van der Waals surface area contributed by atoms with E-state index in [0.717, 1.165) is 11.4 Å². The normalized spacial score (nSPS) is 11.7. The van der Waals surface area contributed by atoms with Crippen molar-refractivity contribution in [2.24, 2.45) is 11.7 Å². The lowest BCUT2D eigenvalue weighted by molar-refractivity contribution is -0.119. The van der Waals surface area contributed by atoms with Crippen LogP contribution in [0.4, 0.5) is 5.69 Å². The summed E-state index contributed by atoms with van der Waals surface area (Å²) in [5, 5.41) is 2.81. The molecule has 0 fully saturated rings. The number of nitrogens with one attached hydrogen (secondary N) is 1. The number of carbonyl (C=O) groups excluding carboxylic acids is 1. The van der Waals surface area contributed by atoms with E-state index >= 15 is 0 Å². The van der Waals surface area contributed by atoms with Crippen molar-refractivity contribution in [3.05, 3.63) is 24.3 Å². The van der Waals surface area contributed by atoms with Gasteiger partial charge in [-0.3, -0.25) is 4.79 Å². The fraction of sp³-hybridized carbons (Fsp3) is 0.385. The number of rotatable bonds is 6. The first-order chi connectivity index (χ1) is 8.52. The van der Waals surface area contributed by atoms with E-state index in [1.807, 2.05) is 19.1 Å². The molecule has 0 bridgehead atoms. The molecule has 0 radical (unpaired) electrons. The van der Waals surface area contributed by atoms with Crippen molar-refractivity contribution in [2.45, 2.75) is 20.3 Å². The van der Waals surface area contributed by atoms with Gasteiger partial charge in [0.15, 0.2) is 0 Å². The van der Waals surface area contributed by atoms with Gasteiger partial charge in [-0.15, -0.1) is 0 Å². The summed E-state index contributed by atoms with van der Waals surface area (Å²) in [4.78, 5) is 12.2. The maximum absolute atomic E-state index is 11.8. The highest BCUT2D eigenvalue weighted by atomic mass is 32.1. The number of carbonyl (C=O) groups is 1. The summed E-state index contributed by atoms with van der Waals surface area (Å²) in [6.07, 6.45) is 0.415. The van der Waals surface area contributed by atoms with Crippen molar-refractivity contribution in [1.82, 2.24) is 0 Å². The standard InChI is InChI=1S/C13H18N2O2S/c1-3-17-11-6-4-10(5-7-11)15-13(16)9(2)8-12(14)18/h4-7,9H,3,8H2,1-2H3,(H2,14,18)(H,15,16). The van der Waals surface area contributed by atoms with Crippen LogP contribution in [-0.4, -0.2) is 17.5 Å². The van der Waals surface area contributed by atoms with Crippen molar-refractivity contribution < 1.29 is 9.53 Å². The van der Waals surface area contributed by atoms with Crippen molar-refractivity contribution in [3.63, 3.8) is 0 Å². The Labute approximate surface area is 113 Å². The van der Waals surface area contributed by atoms with Gasteiger partial charge in [0, 0.05) is 18.0 Å². The van der Waals surface area contributed by atoms with Gasteiger partial charge in [0.2, 0.25) is 5.91 Å². The van der Waals surface area contributed by atoms with E-state index in [2.05, 4.69) is 5.32 Å². The van der Waals surface area contributed by atoms with E-state index in [9.17, 15) is 4.79 Å². The second-order valence-electron chi connectivity index (χ2n) is 4.02. The number of anilines is 1. The molecule has 0 saturated carbocycles. The predicted molar refractivity (Wildman–Crippen MR) is 76.8 cm³/mol. The first-order valence-electron chi connectivity index (χ1n) is 5.85. The fourth-order valence-electron chi connectivity index (χ4n) is 1.46. The molecule has 4 nitrogen and oxygen atoms in total. The zero-order valence-corrected chi connectivity index (χ0v) is 11.4. The summed E-state index contributed by atoms with van der Waals surface area (Å²) in [7, 11) is 0. The quantitative estimate of drug-likeness (QED) is 0.776. The van der Waals surface area contributed by atoms with Crippen LogP contribution in [0.2, 0.25) is 0 Å². The third-order valence-electron chi connectivity index (χ3n) is 2.39. The summed E-state index contributed by atoms with van der Waals surface area (Å²) in [5.74, 6) is 0.465.